The number of aliphatic hydroxyl groups excluding tert-OH is 1. The van der Waals surface area contributed by atoms with Gasteiger partial charge in [0.2, 0.25) is 5.91 Å². The molecule has 0 aliphatic carbocycles. The minimum absolute atomic E-state index is 0.0411. The highest BCUT2D eigenvalue weighted by atomic mass is 16.3. The van der Waals surface area contributed by atoms with Crippen LogP contribution >= 0.6 is 0 Å². The van der Waals surface area contributed by atoms with E-state index in [1.165, 1.54) is 0 Å². The van der Waals surface area contributed by atoms with Gasteiger partial charge in [-0.2, -0.15) is 0 Å². The third-order valence-corrected chi connectivity index (χ3v) is 4.79. The van der Waals surface area contributed by atoms with Gasteiger partial charge in [0.25, 0.3) is 0 Å². The van der Waals surface area contributed by atoms with Crippen molar-refractivity contribution < 1.29 is 9.90 Å². The average Bonchev–Trinajstić information content (AvgIpc) is 2.51. The maximum absolute atomic E-state index is 12.3. The van der Waals surface area contributed by atoms with Crippen LogP contribution in [0, 0.1) is 13.8 Å². The van der Waals surface area contributed by atoms with Crippen LogP contribution in [-0.2, 0) is 4.79 Å². The molecule has 1 heterocycles. The third kappa shape index (κ3) is 4.77. The lowest BCUT2D eigenvalue weighted by Gasteiger charge is -2.38. The molecule has 0 spiro atoms. The minimum atomic E-state index is -0.325. The van der Waals surface area contributed by atoms with E-state index in [9.17, 15) is 9.90 Å². The van der Waals surface area contributed by atoms with Crippen molar-refractivity contribution in [2.75, 3.05) is 38.0 Å². The quantitative estimate of drug-likeness (QED) is 0.866. The molecule has 1 fully saturated rings. The van der Waals surface area contributed by atoms with Crippen LogP contribution in [0.4, 0.5) is 5.69 Å². The molecule has 2 rings (SSSR count). The van der Waals surface area contributed by atoms with Gasteiger partial charge in [-0.05, 0) is 38.8 Å². The van der Waals surface area contributed by atoms with Gasteiger partial charge in [-0.1, -0.05) is 18.2 Å². The van der Waals surface area contributed by atoms with Crippen molar-refractivity contribution in [3.05, 3.63) is 29.3 Å². The number of carbonyl (C=O) groups excluding carboxylic acids is 1. The monoisotopic (exact) mass is 319 g/mol. The number of nitrogens with one attached hydrogen (secondary N) is 1. The molecule has 1 amide bonds. The van der Waals surface area contributed by atoms with E-state index in [4.69, 9.17) is 0 Å². The van der Waals surface area contributed by atoms with Crippen LogP contribution in [0.1, 0.15) is 25.0 Å². The Labute approximate surface area is 139 Å². The van der Waals surface area contributed by atoms with E-state index >= 15 is 0 Å². The molecular weight excluding hydrogens is 290 g/mol. The number of benzene rings is 1. The van der Waals surface area contributed by atoms with E-state index < -0.39 is 0 Å². The molecule has 0 aromatic heterocycles. The van der Waals surface area contributed by atoms with Gasteiger partial charge in [0.1, 0.15) is 0 Å². The van der Waals surface area contributed by atoms with E-state index in [0.29, 0.717) is 6.54 Å². The molecule has 23 heavy (non-hydrogen) atoms. The summed E-state index contributed by atoms with van der Waals surface area (Å²) in [5.41, 5.74) is 3.11. The molecule has 5 heteroatoms. The summed E-state index contributed by atoms with van der Waals surface area (Å²) in [5, 5.41) is 12.7. The molecule has 0 unspecified atom stereocenters. The summed E-state index contributed by atoms with van der Waals surface area (Å²) in [7, 11) is 0. The molecule has 1 aliphatic heterocycles. The molecule has 2 atom stereocenters. The Bertz CT molecular complexity index is 517. The number of hydrogen-bond donors (Lipinski definition) is 2. The Kier molecular flexibility index (Phi) is 6.16. The number of hydrogen-bond acceptors (Lipinski definition) is 4. The summed E-state index contributed by atoms with van der Waals surface area (Å²) in [5.74, 6) is 0.0411. The zero-order chi connectivity index (χ0) is 17.0. The Morgan fingerprint density at radius 1 is 1.17 bits per heavy atom. The average molecular weight is 319 g/mol. The summed E-state index contributed by atoms with van der Waals surface area (Å²) >= 11 is 0. The van der Waals surface area contributed by atoms with E-state index in [2.05, 4.69) is 15.1 Å². The van der Waals surface area contributed by atoms with Crippen molar-refractivity contribution in [2.24, 2.45) is 0 Å². The second-order valence-corrected chi connectivity index (χ2v) is 6.61. The predicted octanol–water partition coefficient (Wildman–Crippen LogP) is 1.63. The molecule has 1 aromatic carbocycles. The first-order valence-corrected chi connectivity index (χ1v) is 8.39. The van der Waals surface area contributed by atoms with E-state index in [1.54, 1.807) is 0 Å². The fourth-order valence-electron chi connectivity index (χ4n) is 3.03. The number of para-hydroxylation sites is 1. The molecule has 128 valence electrons. The lowest BCUT2D eigenvalue weighted by molar-refractivity contribution is -0.117. The highest BCUT2D eigenvalue weighted by molar-refractivity contribution is 5.93. The molecular formula is C18H29N3O2. The van der Waals surface area contributed by atoms with Crippen LogP contribution in [0.25, 0.3) is 0 Å². The molecule has 1 saturated heterocycles. The first kappa shape index (κ1) is 17.9. The minimum Gasteiger partial charge on any atom is -0.392 e. The van der Waals surface area contributed by atoms with Gasteiger partial charge in [0, 0.05) is 37.9 Å². The van der Waals surface area contributed by atoms with E-state index in [-0.39, 0.29) is 18.1 Å². The van der Waals surface area contributed by atoms with Gasteiger partial charge in [0.15, 0.2) is 0 Å². The molecule has 0 radical (unpaired) electrons. The zero-order valence-corrected chi connectivity index (χ0v) is 14.7. The topological polar surface area (TPSA) is 55.8 Å². The Morgan fingerprint density at radius 3 is 2.26 bits per heavy atom. The van der Waals surface area contributed by atoms with Gasteiger partial charge >= 0.3 is 0 Å². The second-order valence-electron chi connectivity index (χ2n) is 6.61. The Morgan fingerprint density at radius 2 is 1.74 bits per heavy atom. The maximum Gasteiger partial charge on any atom is 0.238 e. The van der Waals surface area contributed by atoms with Crippen LogP contribution in [0.5, 0.6) is 0 Å². The summed E-state index contributed by atoms with van der Waals surface area (Å²) in [6.45, 7) is 11.8. The number of piperazine rings is 1. The number of nitrogens with zero attached hydrogens (tertiary/aromatic N) is 2. The van der Waals surface area contributed by atoms with Crippen LogP contribution < -0.4 is 5.32 Å². The van der Waals surface area contributed by atoms with Crippen molar-refractivity contribution in [3.63, 3.8) is 0 Å². The van der Waals surface area contributed by atoms with Gasteiger partial charge in [-0.25, -0.2) is 0 Å². The highest BCUT2D eigenvalue weighted by Gasteiger charge is 2.24. The van der Waals surface area contributed by atoms with Gasteiger partial charge in [-0.15, -0.1) is 0 Å². The Balaban J connectivity index is 1.83. The fourth-order valence-corrected chi connectivity index (χ4v) is 3.03. The smallest absolute Gasteiger partial charge is 0.238 e. The largest absolute Gasteiger partial charge is 0.392 e. The third-order valence-electron chi connectivity index (χ3n) is 4.79. The first-order chi connectivity index (χ1) is 10.9. The van der Waals surface area contributed by atoms with Gasteiger partial charge in [-0.3, -0.25) is 14.6 Å². The van der Waals surface area contributed by atoms with Crippen molar-refractivity contribution >= 4 is 11.6 Å². The van der Waals surface area contributed by atoms with Gasteiger partial charge in [0.05, 0.1) is 12.6 Å². The molecule has 0 bridgehead atoms. The lowest BCUT2D eigenvalue weighted by Crippen LogP contribution is -2.53. The van der Waals surface area contributed by atoms with Crippen LogP contribution in [0.2, 0.25) is 0 Å². The van der Waals surface area contributed by atoms with Crippen LogP contribution in [0.15, 0.2) is 18.2 Å². The van der Waals surface area contributed by atoms with Crippen molar-refractivity contribution in [1.82, 2.24) is 9.80 Å². The number of carbonyl (C=O) groups is 1. The van der Waals surface area contributed by atoms with Crippen LogP contribution in [0.3, 0.4) is 0 Å². The molecule has 5 nitrogen and oxygen atoms in total. The van der Waals surface area contributed by atoms with E-state index in [1.807, 2.05) is 45.9 Å². The summed E-state index contributed by atoms with van der Waals surface area (Å²) in [6, 6.07) is 6.20. The lowest BCUT2D eigenvalue weighted by atomic mass is 10.1. The molecule has 1 aliphatic rings. The fraction of sp³-hybridized carbons (Fsp3) is 0.611. The molecule has 0 saturated carbocycles. The van der Waals surface area contributed by atoms with E-state index in [0.717, 1.165) is 43.0 Å². The Hall–Kier alpha value is -1.43. The van der Waals surface area contributed by atoms with Gasteiger partial charge < -0.3 is 10.4 Å². The molecule has 1 aromatic rings. The number of rotatable bonds is 5. The summed E-state index contributed by atoms with van der Waals surface area (Å²) in [6.07, 6.45) is -0.325. The summed E-state index contributed by atoms with van der Waals surface area (Å²) in [4.78, 5) is 16.8. The number of anilines is 1. The van der Waals surface area contributed by atoms with Crippen LogP contribution in [-0.4, -0.2) is 65.7 Å². The normalized spacial score (nSPS) is 19.3. The number of aryl methyl sites for hydroxylation is 2. The van der Waals surface area contributed by atoms with Crippen molar-refractivity contribution in [1.29, 1.82) is 0 Å². The number of aliphatic hydroxyl groups is 1. The maximum atomic E-state index is 12.3. The van der Waals surface area contributed by atoms with Crippen molar-refractivity contribution in [3.8, 4) is 0 Å². The standard InChI is InChI=1S/C18H29N3O2/c1-13-6-5-7-14(2)18(13)19-17(23)12-20-8-10-21(11-9-20)15(3)16(4)22/h5-7,15-16,22H,8-12H2,1-4H3,(H,19,23)/t15-,16-/m1/s1. The zero-order valence-electron chi connectivity index (χ0n) is 14.7. The van der Waals surface area contributed by atoms with Crippen molar-refractivity contribution in [2.45, 2.75) is 39.8 Å². The highest BCUT2D eigenvalue weighted by Crippen LogP contribution is 2.19. The number of amides is 1. The predicted molar refractivity (Wildman–Crippen MR) is 93.7 cm³/mol. The second kappa shape index (κ2) is 7.90. The first-order valence-electron chi connectivity index (χ1n) is 8.39. The summed E-state index contributed by atoms with van der Waals surface area (Å²) < 4.78 is 0. The SMILES string of the molecule is Cc1cccc(C)c1NC(=O)CN1CCN([C@H](C)[C@@H](C)O)CC1. The molecule has 2 N–H and O–H groups in total.